The van der Waals surface area contributed by atoms with Crippen molar-refractivity contribution in [1.29, 1.82) is 0 Å². The van der Waals surface area contributed by atoms with Crippen LogP contribution in [0.5, 0.6) is 0 Å². The maximum Gasteiger partial charge on any atom is 0.406 e. The lowest BCUT2D eigenvalue weighted by Gasteiger charge is -2.32. The number of carbonyl (C=O) groups is 2. The maximum atomic E-state index is 13.5. The SMILES string of the molecule is Bc1cc(C)c(CN(CC(F)(F)F)C(=O)CCC(=O)N2CCC(c3cc4ccccc4[nH]c3=O)CC2)c2c(B)n[nH]c12. The van der Waals surface area contributed by atoms with Crippen LogP contribution in [0.15, 0.2) is 41.2 Å². The number of likely N-dealkylation sites (tertiary alicyclic amines) is 1. The van der Waals surface area contributed by atoms with Crippen LogP contribution in [-0.4, -0.2) is 78.3 Å². The molecule has 0 unspecified atom stereocenters. The first-order valence-electron chi connectivity index (χ1n) is 14.1. The van der Waals surface area contributed by atoms with Crippen LogP contribution in [0, 0.1) is 6.92 Å². The zero-order chi connectivity index (χ0) is 30.2. The molecule has 3 heterocycles. The fourth-order valence-electron chi connectivity index (χ4n) is 6.05. The van der Waals surface area contributed by atoms with Crippen LogP contribution in [0.4, 0.5) is 13.2 Å². The molecule has 0 atom stereocenters. The second kappa shape index (κ2) is 11.7. The number of carbonyl (C=O) groups excluding carboxylic acids is 2. The number of amides is 2. The number of para-hydroxylation sites is 1. The number of nitrogens with one attached hydrogen (secondary N) is 2. The Balaban J connectivity index is 1.23. The smallest absolute Gasteiger partial charge is 0.343 e. The molecule has 2 aromatic carbocycles. The van der Waals surface area contributed by atoms with Crippen LogP contribution in [0.25, 0.3) is 21.8 Å². The Morgan fingerprint density at radius 1 is 1.12 bits per heavy atom. The number of hydrogen-bond donors (Lipinski definition) is 2. The van der Waals surface area contributed by atoms with Crippen molar-refractivity contribution in [3.63, 3.8) is 0 Å². The van der Waals surface area contributed by atoms with Crippen molar-refractivity contribution in [2.24, 2.45) is 0 Å². The highest BCUT2D eigenvalue weighted by Crippen LogP contribution is 2.28. The summed E-state index contributed by atoms with van der Waals surface area (Å²) in [6.07, 6.45) is -3.91. The number of nitrogens with zero attached hydrogens (tertiary/aromatic N) is 3. The zero-order valence-corrected chi connectivity index (χ0v) is 23.9. The van der Waals surface area contributed by atoms with Gasteiger partial charge in [0.1, 0.15) is 14.4 Å². The number of pyridine rings is 1. The van der Waals surface area contributed by atoms with Crippen molar-refractivity contribution in [3.05, 3.63) is 63.4 Å². The molecule has 0 aliphatic carbocycles. The van der Waals surface area contributed by atoms with Gasteiger partial charge < -0.3 is 14.8 Å². The molecule has 2 N–H and O–H groups in total. The summed E-state index contributed by atoms with van der Waals surface area (Å²) >= 11 is 0. The van der Waals surface area contributed by atoms with Gasteiger partial charge in [0.2, 0.25) is 11.8 Å². The Morgan fingerprint density at radius 2 is 1.83 bits per heavy atom. The first kappa shape index (κ1) is 29.5. The molecule has 42 heavy (non-hydrogen) atoms. The Labute approximate surface area is 242 Å². The van der Waals surface area contributed by atoms with Crippen molar-refractivity contribution in [2.45, 2.75) is 51.2 Å². The molecule has 0 bridgehead atoms. The van der Waals surface area contributed by atoms with Crippen LogP contribution >= 0.6 is 0 Å². The van der Waals surface area contributed by atoms with Gasteiger partial charge in [-0.2, -0.15) is 18.3 Å². The molecule has 1 aliphatic heterocycles. The summed E-state index contributed by atoms with van der Waals surface area (Å²) in [5.74, 6) is -1.01. The van der Waals surface area contributed by atoms with Crippen LogP contribution in [-0.2, 0) is 16.1 Å². The van der Waals surface area contributed by atoms with Crippen LogP contribution in [0.3, 0.4) is 0 Å². The van der Waals surface area contributed by atoms with Crippen molar-refractivity contribution in [1.82, 2.24) is 25.0 Å². The number of benzene rings is 2. The molecule has 13 heteroatoms. The highest BCUT2D eigenvalue weighted by Gasteiger charge is 2.34. The summed E-state index contributed by atoms with van der Waals surface area (Å²) in [6, 6.07) is 11.3. The van der Waals surface area contributed by atoms with E-state index in [1.807, 2.05) is 51.2 Å². The van der Waals surface area contributed by atoms with E-state index >= 15 is 0 Å². The van der Waals surface area contributed by atoms with Gasteiger partial charge in [0.25, 0.3) is 5.56 Å². The number of hydrogen-bond acceptors (Lipinski definition) is 4. The molecule has 218 valence electrons. The number of aromatic nitrogens is 3. The van der Waals surface area contributed by atoms with Gasteiger partial charge in [-0.1, -0.05) is 29.7 Å². The fourth-order valence-corrected chi connectivity index (χ4v) is 6.05. The van der Waals surface area contributed by atoms with Crippen LogP contribution in [0.2, 0.25) is 0 Å². The molecule has 1 fully saturated rings. The van der Waals surface area contributed by atoms with E-state index in [4.69, 9.17) is 0 Å². The average molecular weight is 577 g/mol. The topological polar surface area (TPSA) is 102 Å². The molecule has 1 saturated heterocycles. The number of halogens is 3. The monoisotopic (exact) mass is 577 g/mol. The molecule has 8 nitrogen and oxygen atoms in total. The second-order valence-corrected chi connectivity index (χ2v) is 11.2. The molecular weight excluding hydrogens is 545 g/mol. The number of alkyl halides is 3. The van der Waals surface area contributed by atoms with Crippen molar-refractivity contribution in [2.75, 3.05) is 19.6 Å². The number of rotatable bonds is 7. The summed E-state index contributed by atoms with van der Waals surface area (Å²) in [5.41, 5.74) is 5.00. The third-order valence-electron chi connectivity index (χ3n) is 8.25. The predicted molar refractivity (Wildman–Crippen MR) is 161 cm³/mol. The van der Waals surface area contributed by atoms with Gasteiger partial charge in [0, 0.05) is 54.5 Å². The first-order valence-corrected chi connectivity index (χ1v) is 14.1. The Hall–Kier alpha value is -4.02. The van der Waals surface area contributed by atoms with E-state index in [2.05, 4.69) is 15.2 Å². The lowest BCUT2D eigenvalue weighted by Crippen LogP contribution is -2.41. The Morgan fingerprint density at radius 3 is 2.55 bits per heavy atom. The van der Waals surface area contributed by atoms with Gasteiger partial charge in [-0.25, -0.2) is 0 Å². The quantitative estimate of drug-likeness (QED) is 0.324. The van der Waals surface area contributed by atoms with E-state index in [-0.39, 0.29) is 36.8 Å². The largest absolute Gasteiger partial charge is 0.406 e. The summed E-state index contributed by atoms with van der Waals surface area (Å²) < 4.78 is 40.6. The van der Waals surface area contributed by atoms with Crippen molar-refractivity contribution in [3.8, 4) is 0 Å². The van der Waals surface area contributed by atoms with Crippen molar-refractivity contribution < 1.29 is 22.8 Å². The van der Waals surface area contributed by atoms with E-state index in [0.29, 0.717) is 42.7 Å². The van der Waals surface area contributed by atoms with E-state index in [0.717, 1.165) is 37.7 Å². The Bertz CT molecular complexity index is 1710. The van der Waals surface area contributed by atoms with Gasteiger partial charge in [-0.15, -0.1) is 0 Å². The predicted octanol–water partition coefficient (Wildman–Crippen LogP) is 1.31. The van der Waals surface area contributed by atoms with E-state index in [1.165, 1.54) is 0 Å². The van der Waals surface area contributed by atoms with Gasteiger partial charge in [-0.05, 0) is 54.3 Å². The molecule has 2 aromatic heterocycles. The second-order valence-electron chi connectivity index (χ2n) is 11.2. The summed E-state index contributed by atoms with van der Waals surface area (Å²) in [7, 11) is 3.67. The minimum absolute atomic E-state index is 0.00715. The summed E-state index contributed by atoms with van der Waals surface area (Å²) in [4.78, 5) is 44.1. The first-order chi connectivity index (χ1) is 19.9. The lowest BCUT2D eigenvalue weighted by atomic mass is 9.85. The number of fused-ring (bicyclic) bond motifs is 2. The minimum Gasteiger partial charge on any atom is -0.343 e. The van der Waals surface area contributed by atoms with Gasteiger partial charge in [-0.3, -0.25) is 19.5 Å². The number of aryl methyl sites for hydroxylation is 1. The Kier molecular flexibility index (Phi) is 8.21. The number of H-pyrrole nitrogens is 2. The molecule has 0 saturated carbocycles. The van der Waals surface area contributed by atoms with Gasteiger partial charge in [0.15, 0.2) is 7.85 Å². The average Bonchev–Trinajstić information content (AvgIpc) is 3.34. The van der Waals surface area contributed by atoms with E-state index in [1.54, 1.807) is 12.7 Å². The molecule has 0 spiro atoms. The fraction of sp³-hybridized carbons (Fsp3) is 0.379. The van der Waals surface area contributed by atoms with Gasteiger partial charge in [0.05, 0.1) is 5.52 Å². The number of piperidine rings is 1. The molecule has 2 amide bonds. The van der Waals surface area contributed by atoms with Crippen LogP contribution < -0.4 is 16.6 Å². The normalized spacial score (nSPS) is 14.5. The standard InChI is InChI=1S/C29H32B2F3N5O3/c1-16-12-21(30)26-25(27(31)37-36-26)20(16)14-39(15-29(32,33)34)24(41)7-6-23(40)38-10-8-17(9-11-38)19-13-18-4-2-3-5-22(18)35-28(19)42/h2-5,12-13,17H,6-11,14-15,30-31H2,1H3,(H,35,42)(H,36,37). The highest BCUT2D eigenvalue weighted by atomic mass is 19.4. The molecule has 0 radical (unpaired) electrons. The molecule has 1 aliphatic rings. The van der Waals surface area contributed by atoms with E-state index < -0.39 is 18.6 Å². The molecule has 5 rings (SSSR count). The highest BCUT2D eigenvalue weighted by molar-refractivity contribution is 6.43. The van der Waals surface area contributed by atoms with E-state index in [9.17, 15) is 27.6 Å². The molecule has 4 aromatic rings. The van der Waals surface area contributed by atoms with Crippen LogP contribution in [0.1, 0.15) is 48.3 Å². The summed E-state index contributed by atoms with van der Waals surface area (Å²) in [6.45, 7) is 0.995. The lowest BCUT2D eigenvalue weighted by molar-refractivity contribution is -0.162. The summed E-state index contributed by atoms with van der Waals surface area (Å²) in [5, 5.41) is 8.81. The minimum atomic E-state index is -4.59. The van der Waals surface area contributed by atoms with Crippen molar-refractivity contribution >= 4 is 60.4 Å². The third-order valence-corrected chi connectivity index (χ3v) is 8.25. The maximum absolute atomic E-state index is 13.5. The third kappa shape index (κ3) is 6.24. The zero-order valence-electron chi connectivity index (χ0n) is 23.9. The molecular formula is C29H32B2F3N5O3. The number of aromatic amines is 2. The van der Waals surface area contributed by atoms with Gasteiger partial charge >= 0.3 is 6.18 Å².